The predicted molar refractivity (Wildman–Crippen MR) is 44.6 cm³/mol. The number of hydrogen-bond donors (Lipinski definition) is 1. The van der Waals surface area contributed by atoms with Crippen molar-refractivity contribution in [3.63, 3.8) is 0 Å². The molecule has 1 saturated carbocycles. The van der Waals surface area contributed by atoms with Crippen LogP contribution in [0.15, 0.2) is 0 Å². The van der Waals surface area contributed by atoms with Crippen molar-refractivity contribution in [1.82, 2.24) is 0 Å². The Labute approximate surface area is 81.1 Å². The Morgan fingerprint density at radius 1 is 1.29 bits per heavy atom. The van der Waals surface area contributed by atoms with Crippen molar-refractivity contribution in [3.8, 4) is 0 Å². The fourth-order valence-electron chi connectivity index (χ4n) is 1.98. The summed E-state index contributed by atoms with van der Waals surface area (Å²) < 4.78 is 39.6. The zero-order valence-corrected chi connectivity index (χ0v) is 7.89. The maximum atomic E-state index is 11.9. The number of alkyl halides is 3. The highest BCUT2D eigenvalue weighted by molar-refractivity contribution is 4.73. The highest BCUT2D eigenvalue weighted by Gasteiger charge is 2.35. The summed E-state index contributed by atoms with van der Waals surface area (Å²) in [4.78, 5) is 0. The van der Waals surface area contributed by atoms with Gasteiger partial charge in [0.05, 0.1) is 6.10 Å². The van der Waals surface area contributed by atoms with Crippen LogP contribution in [0.2, 0.25) is 0 Å². The van der Waals surface area contributed by atoms with Crippen LogP contribution in [0.25, 0.3) is 0 Å². The van der Waals surface area contributed by atoms with E-state index < -0.39 is 12.5 Å². The molecule has 0 amide bonds. The van der Waals surface area contributed by atoms with Gasteiger partial charge in [0, 0.05) is 6.61 Å². The third kappa shape index (κ3) is 4.28. The zero-order chi connectivity index (χ0) is 10.6. The Balaban J connectivity index is 2.32. The number of aliphatic hydroxyl groups is 1. The monoisotopic (exact) mass is 212 g/mol. The molecule has 1 unspecified atom stereocenters. The molecule has 0 spiro atoms. The molecule has 1 fully saturated rings. The van der Waals surface area contributed by atoms with Gasteiger partial charge in [-0.1, -0.05) is 12.8 Å². The molecule has 2 atom stereocenters. The van der Waals surface area contributed by atoms with Crippen LogP contribution in [0.4, 0.5) is 13.2 Å². The second-order valence-electron chi connectivity index (χ2n) is 3.73. The van der Waals surface area contributed by atoms with E-state index in [1.807, 2.05) is 0 Å². The van der Waals surface area contributed by atoms with Crippen LogP contribution >= 0.6 is 0 Å². The first-order chi connectivity index (χ1) is 6.51. The number of rotatable bonds is 3. The Hall–Kier alpha value is -0.290. The SMILES string of the molecule is OCC[C@@H]1CCCC(OC(F)(F)F)C1. The predicted octanol–water partition coefficient (Wildman–Crippen LogP) is 2.46. The molecule has 2 nitrogen and oxygen atoms in total. The van der Waals surface area contributed by atoms with Crippen LogP contribution < -0.4 is 0 Å². The Kier molecular flexibility index (Phi) is 4.19. The third-order valence-electron chi connectivity index (χ3n) is 2.57. The maximum absolute atomic E-state index is 11.9. The van der Waals surface area contributed by atoms with Gasteiger partial charge in [-0.3, -0.25) is 4.74 Å². The molecular formula is C9H15F3O2. The first-order valence-electron chi connectivity index (χ1n) is 4.86. The van der Waals surface area contributed by atoms with Gasteiger partial charge in [0.2, 0.25) is 0 Å². The van der Waals surface area contributed by atoms with E-state index in [1.54, 1.807) is 0 Å². The normalized spacial score (nSPS) is 29.1. The van der Waals surface area contributed by atoms with Gasteiger partial charge in [0.1, 0.15) is 0 Å². The lowest BCUT2D eigenvalue weighted by Gasteiger charge is -2.29. The molecule has 84 valence electrons. The molecule has 0 heterocycles. The fourth-order valence-corrected chi connectivity index (χ4v) is 1.98. The Morgan fingerprint density at radius 2 is 2.00 bits per heavy atom. The first kappa shape index (κ1) is 11.8. The summed E-state index contributed by atoms with van der Waals surface area (Å²) in [6, 6.07) is 0. The van der Waals surface area contributed by atoms with Crippen molar-refractivity contribution in [2.75, 3.05) is 6.61 Å². The third-order valence-corrected chi connectivity index (χ3v) is 2.57. The molecule has 5 heteroatoms. The van der Waals surface area contributed by atoms with Crippen LogP contribution in [0.1, 0.15) is 32.1 Å². The molecule has 1 N–H and O–H groups in total. The molecule has 0 bridgehead atoms. The van der Waals surface area contributed by atoms with Crippen LogP contribution in [0.5, 0.6) is 0 Å². The fraction of sp³-hybridized carbons (Fsp3) is 1.00. The molecule has 0 aromatic rings. The highest BCUT2D eigenvalue weighted by atomic mass is 19.4. The van der Waals surface area contributed by atoms with Gasteiger partial charge in [-0.05, 0) is 25.2 Å². The molecule has 1 aliphatic carbocycles. The first-order valence-corrected chi connectivity index (χ1v) is 4.86. The van der Waals surface area contributed by atoms with Gasteiger partial charge in [0.15, 0.2) is 0 Å². The van der Waals surface area contributed by atoms with E-state index in [2.05, 4.69) is 4.74 Å². The van der Waals surface area contributed by atoms with Gasteiger partial charge in [0.25, 0.3) is 0 Å². The van der Waals surface area contributed by atoms with Crippen LogP contribution in [0, 0.1) is 5.92 Å². The quantitative estimate of drug-likeness (QED) is 0.778. The molecule has 0 saturated heterocycles. The van der Waals surface area contributed by atoms with Gasteiger partial charge < -0.3 is 5.11 Å². The van der Waals surface area contributed by atoms with Crippen LogP contribution in [-0.2, 0) is 4.74 Å². The summed E-state index contributed by atoms with van der Waals surface area (Å²) in [5.41, 5.74) is 0. The minimum atomic E-state index is -4.52. The summed E-state index contributed by atoms with van der Waals surface area (Å²) in [5.74, 6) is 0.182. The van der Waals surface area contributed by atoms with E-state index in [0.717, 1.165) is 12.8 Å². The van der Waals surface area contributed by atoms with E-state index in [9.17, 15) is 13.2 Å². The highest BCUT2D eigenvalue weighted by Crippen LogP contribution is 2.32. The summed E-state index contributed by atoms with van der Waals surface area (Å²) in [6.45, 7) is 0.0450. The second-order valence-corrected chi connectivity index (χ2v) is 3.73. The topological polar surface area (TPSA) is 29.5 Å². The van der Waals surface area contributed by atoms with E-state index in [0.29, 0.717) is 19.3 Å². The molecule has 0 aromatic carbocycles. The summed E-state index contributed by atoms with van der Waals surface area (Å²) in [5, 5.41) is 8.67. The molecule has 0 aromatic heterocycles. The van der Waals surface area contributed by atoms with E-state index in [-0.39, 0.29) is 12.5 Å². The molecule has 0 radical (unpaired) electrons. The summed E-state index contributed by atoms with van der Waals surface area (Å²) in [6.07, 6.45) is -2.10. The van der Waals surface area contributed by atoms with E-state index >= 15 is 0 Å². The van der Waals surface area contributed by atoms with Crippen molar-refractivity contribution < 1.29 is 23.0 Å². The van der Waals surface area contributed by atoms with Gasteiger partial charge in [-0.15, -0.1) is 13.2 Å². The van der Waals surface area contributed by atoms with Crippen LogP contribution in [0.3, 0.4) is 0 Å². The van der Waals surface area contributed by atoms with Crippen molar-refractivity contribution in [2.45, 2.75) is 44.6 Å². The van der Waals surface area contributed by atoms with Gasteiger partial charge in [-0.25, -0.2) is 0 Å². The van der Waals surface area contributed by atoms with E-state index in [1.165, 1.54) is 0 Å². The second kappa shape index (κ2) is 4.98. The van der Waals surface area contributed by atoms with E-state index in [4.69, 9.17) is 5.11 Å². The number of hydrogen-bond acceptors (Lipinski definition) is 2. The Morgan fingerprint density at radius 3 is 2.57 bits per heavy atom. The minimum Gasteiger partial charge on any atom is -0.396 e. The molecule has 1 aliphatic rings. The molecule has 1 rings (SSSR count). The molecule has 0 aliphatic heterocycles. The zero-order valence-electron chi connectivity index (χ0n) is 7.89. The summed E-state index contributed by atoms with van der Waals surface area (Å²) in [7, 11) is 0. The lowest BCUT2D eigenvalue weighted by molar-refractivity contribution is -0.346. The molecular weight excluding hydrogens is 197 g/mol. The smallest absolute Gasteiger partial charge is 0.396 e. The lowest BCUT2D eigenvalue weighted by Crippen LogP contribution is -2.29. The number of ether oxygens (including phenoxy) is 1. The van der Waals surface area contributed by atoms with Gasteiger partial charge in [-0.2, -0.15) is 0 Å². The van der Waals surface area contributed by atoms with Crippen LogP contribution in [-0.4, -0.2) is 24.2 Å². The van der Waals surface area contributed by atoms with Crippen molar-refractivity contribution in [3.05, 3.63) is 0 Å². The maximum Gasteiger partial charge on any atom is 0.522 e. The standard InChI is InChI=1S/C9H15F3O2/c10-9(11,12)14-8-3-1-2-7(6-8)4-5-13/h7-8,13H,1-6H2/t7-,8?/m0/s1. The summed E-state index contributed by atoms with van der Waals surface area (Å²) >= 11 is 0. The van der Waals surface area contributed by atoms with Crippen molar-refractivity contribution in [2.24, 2.45) is 5.92 Å². The average molecular weight is 212 g/mol. The van der Waals surface area contributed by atoms with Crippen molar-refractivity contribution >= 4 is 0 Å². The lowest BCUT2D eigenvalue weighted by atomic mass is 9.85. The molecule has 14 heavy (non-hydrogen) atoms. The number of aliphatic hydroxyl groups excluding tert-OH is 1. The largest absolute Gasteiger partial charge is 0.522 e. The van der Waals surface area contributed by atoms with Gasteiger partial charge >= 0.3 is 6.36 Å². The van der Waals surface area contributed by atoms with Crippen molar-refractivity contribution in [1.29, 1.82) is 0 Å². The number of halogens is 3. The Bertz CT molecular complexity index is 168. The average Bonchev–Trinajstić information content (AvgIpc) is 2.02. The minimum absolute atomic E-state index is 0.0450.